The number of aromatic nitrogens is 10. The van der Waals surface area contributed by atoms with Crippen molar-refractivity contribution in [1.82, 2.24) is 49.0 Å². The first kappa shape index (κ1) is 40.4. The number of nitrogens with zero attached hydrogens (tertiary/aromatic N) is 10. The van der Waals surface area contributed by atoms with Gasteiger partial charge in [0.25, 0.3) is 0 Å². The van der Waals surface area contributed by atoms with Crippen molar-refractivity contribution in [2.45, 2.75) is 96.9 Å². The van der Waals surface area contributed by atoms with Crippen molar-refractivity contribution >= 4 is 86.8 Å². The summed E-state index contributed by atoms with van der Waals surface area (Å²) in [7, 11) is -1.55. The molecule has 0 radical (unpaired) electrons. The summed E-state index contributed by atoms with van der Waals surface area (Å²) < 4.78 is 4.08. The average Bonchev–Trinajstić information content (AvgIpc) is 4.01. The van der Waals surface area contributed by atoms with E-state index in [0.29, 0.717) is 44.4 Å². The Morgan fingerprint density at radius 1 is 0.707 bits per heavy atom. The van der Waals surface area contributed by atoms with E-state index in [4.69, 9.17) is 17.9 Å². The highest BCUT2D eigenvalue weighted by Gasteiger charge is 2.30. The van der Waals surface area contributed by atoms with Crippen LogP contribution < -0.4 is 22.1 Å². The van der Waals surface area contributed by atoms with Crippen molar-refractivity contribution < 1.29 is 9.59 Å². The number of carbonyl (C=O) groups is 2. The second kappa shape index (κ2) is 17.0. The van der Waals surface area contributed by atoms with E-state index in [-0.39, 0.29) is 41.6 Å². The van der Waals surface area contributed by atoms with Gasteiger partial charge in [-0.2, -0.15) is 0 Å². The van der Waals surface area contributed by atoms with Crippen LogP contribution in [0.25, 0.3) is 22.3 Å². The fourth-order valence-electron chi connectivity index (χ4n) is 7.25. The van der Waals surface area contributed by atoms with E-state index < -0.39 is 8.07 Å². The second-order valence-corrected chi connectivity index (χ2v) is 22.2. The Balaban J connectivity index is 0.000000178. The normalized spacial score (nSPS) is 19.4. The lowest BCUT2D eigenvalue weighted by Gasteiger charge is -2.28. The number of thiazole rings is 2. The molecule has 2 fully saturated rings. The third-order valence-corrected chi connectivity index (χ3v) is 12.8. The molecule has 0 bridgehead atoms. The van der Waals surface area contributed by atoms with Gasteiger partial charge in [-0.05, 0) is 77.1 Å². The summed E-state index contributed by atoms with van der Waals surface area (Å²) in [5.41, 5.74) is 19.7. The predicted molar refractivity (Wildman–Crippen MR) is 231 cm³/mol. The first-order valence-electron chi connectivity index (χ1n) is 19.2. The Bertz CT molecular complexity index is 2570. The van der Waals surface area contributed by atoms with Crippen molar-refractivity contribution in [3.8, 4) is 23.8 Å². The van der Waals surface area contributed by atoms with Gasteiger partial charge in [-0.15, -0.1) is 34.6 Å². The zero-order valence-electron chi connectivity index (χ0n) is 33.1. The molecule has 0 saturated heterocycles. The van der Waals surface area contributed by atoms with Crippen molar-refractivity contribution in [1.29, 1.82) is 0 Å². The van der Waals surface area contributed by atoms with Gasteiger partial charge < -0.3 is 31.2 Å². The molecule has 0 unspecified atom stereocenters. The van der Waals surface area contributed by atoms with Crippen LogP contribution in [0.3, 0.4) is 0 Å². The van der Waals surface area contributed by atoms with Crippen LogP contribution in [-0.2, 0) is 9.59 Å². The number of nitrogens with one attached hydrogen (secondary N) is 2. The van der Waals surface area contributed by atoms with Crippen LogP contribution in [-0.4, -0.2) is 68.9 Å². The first-order valence-corrected chi connectivity index (χ1v) is 24.5. The summed E-state index contributed by atoms with van der Waals surface area (Å²) >= 11 is 2.91. The van der Waals surface area contributed by atoms with Crippen molar-refractivity contribution in [2.75, 3.05) is 22.1 Å². The highest BCUT2D eigenvalue weighted by atomic mass is 32.1. The number of nitrogen functional groups attached to an aromatic ring is 2. The summed E-state index contributed by atoms with van der Waals surface area (Å²) in [6.07, 6.45) is 15.6. The number of aryl methyl sites for hydroxylation is 2. The van der Waals surface area contributed by atoms with Crippen LogP contribution in [0.4, 0.5) is 21.9 Å². The smallest absolute Gasteiger partial charge is 0.229 e. The number of fused-ring (bicyclic) bond motifs is 2. The van der Waals surface area contributed by atoms with Gasteiger partial charge >= 0.3 is 0 Å². The summed E-state index contributed by atoms with van der Waals surface area (Å²) in [4.78, 5) is 59.9. The van der Waals surface area contributed by atoms with Gasteiger partial charge in [0.15, 0.2) is 33.2 Å². The zero-order chi connectivity index (χ0) is 41.1. The van der Waals surface area contributed by atoms with E-state index in [2.05, 4.69) is 92.1 Å². The Morgan fingerprint density at radius 3 is 1.53 bits per heavy atom. The molecule has 16 nitrogen and oxygen atoms in total. The number of imidazole rings is 2. The number of rotatable bonds is 6. The van der Waals surface area contributed by atoms with Gasteiger partial charge in [-0.25, -0.2) is 39.9 Å². The maximum Gasteiger partial charge on any atom is 0.229 e. The predicted octanol–water partition coefficient (Wildman–Crippen LogP) is 6.30. The number of hydrogen-bond donors (Lipinski definition) is 4. The number of amides is 2. The maximum absolute atomic E-state index is 12.6. The lowest BCUT2D eigenvalue weighted by Crippen LogP contribution is -2.28. The third-order valence-electron chi connectivity index (χ3n) is 10.2. The van der Waals surface area contributed by atoms with Crippen molar-refractivity contribution in [2.24, 2.45) is 11.8 Å². The van der Waals surface area contributed by atoms with E-state index in [1.54, 1.807) is 12.7 Å². The molecule has 6 heterocycles. The minimum atomic E-state index is -1.55. The fourth-order valence-corrected chi connectivity index (χ4v) is 9.11. The molecule has 2 amide bonds. The van der Waals surface area contributed by atoms with E-state index in [1.807, 2.05) is 29.2 Å². The van der Waals surface area contributed by atoms with Gasteiger partial charge in [0.2, 0.25) is 23.5 Å². The Morgan fingerprint density at radius 2 is 1.14 bits per heavy atom. The molecule has 2 aliphatic rings. The minimum absolute atomic E-state index is 0.00638. The number of anilines is 4. The van der Waals surface area contributed by atoms with Crippen LogP contribution in [0.5, 0.6) is 0 Å². The third kappa shape index (κ3) is 9.33. The quantitative estimate of drug-likeness (QED) is 0.107. The van der Waals surface area contributed by atoms with E-state index in [1.165, 1.54) is 22.7 Å². The number of nitrogens with two attached hydrogens (primary N) is 2. The molecule has 6 aromatic rings. The highest BCUT2D eigenvalue weighted by molar-refractivity contribution is 7.14. The Kier molecular flexibility index (Phi) is 11.8. The van der Waals surface area contributed by atoms with Gasteiger partial charge in [0, 0.05) is 34.7 Å². The number of terminal acetylenes is 1. The fraction of sp³-hybridized carbons (Fsp3) is 0.436. The maximum atomic E-state index is 12.6. The molecule has 19 heteroatoms. The van der Waals surface area contributed by atoms with Gasteiger partial charge in [-0.3, -0.25) is 9.59 Å². The summed E-state index contributed by atoms with van der Waals surface area (Å²) in [6, 6.07) is 0.435. The molecule has 6 aromatic heterocycles. The molecule has 0 aliphatic heterocycles. The van der Waals surface area contributed by atoms with Crippen LogP contribution in [0.1, 0.15) is 86.5 Å². The molecule has 8 rings (SSSR count). The summed E-state index contributed by atoms with van der Waals surface area (Å²) in [5.74, 6) is 6.95. The van der Waals surface area contributed by atoms with Crippen LogP contribution in [0.2, 0.25) is 19.6 Å². The molecular formula is C39H46N14O2S2Si. The Hall–Kier alpha value is -5.76. The molecule has 0 aromatic carbocycles. The van der Waals surface area contributed by atoms with Gasteiger partial charge in [-0.1, -0.05) is 19.6 Å². The molecule has 2 aliphatic carbocycles. The first-order chi connectivity index (χ1) is 27.7. The number of hydrogen-bond acceptors (Lipinski definition) is 14. The van der Waals surface area contributed by atoms with Crippen molar-refractivity contribution in [3.63, 3.8) is 0 Å². The molecule has 0 atom stereocenters. The lowest BCUT2D eigenvalue weighted by atomic mass is 9.85. The molecule has 58 heavy (non-hydrogen) atoms. The van der Waals surface area contributed by atoms with E-state index in [9.17, 15) is 9.59 Å². The Labute approximate surface area is 345 Å². The largest absolute Gasteiger partial charge is 0.382 e. The monoisotopic (exact) mass is 834 g/mol. The van der Waals surface area contributed by atoms with E-state index >= 15 is 0 Å². The number of carbonyl (C=O) groups excluding carboxylic acids is 2. The van der Waals surface area contributed by atoms with E-state index in [0.717, 1.165) is 68.4 Å². The summed E-state index contributed by atoms with van der Waals surface area (Å²) in [6.45, 7) is 10.4. The van der Waals surface area contributed by atoms with Crippen LogP contribution in [0, 0.1) is 49.5 Å². The highest BCUT2D eigenvalue weighted by Crippen LogP contribution is 2.36. The molecular weight excluding hydrogens is 789 g/mol. The lowest BCUT2D eigenvalue weighted by molar-refractivity contribution is -0.121. The van der Waals surface area contributed by atoms with Crippen molar-refractivity contribution in [3.05, 3.63) is 46.5 Å². The molecule has 2 saturated carbocycles. The average molecular weight is 835 g/mol. The standard InChI is InChI=1S/C21H27N7OSSi.C18H19N7OS/c1-13-11-30-21(24-13)27-20(29)14-5-7-15(8-6-14)28-12-23-17-18(22)25-16(26-19(17)28)9-10-31(2,3)4;1-3-13-22-15(19)14-16(23-13)25(9-20-14)12-6-4-11(5-7-12)17(26)24-18-21-10(2)8-27-18/h11-12,14-15H,5-8H2,1-4H3,(H2,22,25,26)(H,24,27,29);1,8-9,11-12H,4-7H2,2H3,(H2,19,22,23)(H,21,24,26). The molecule has 300 valence electrons. The van der Waals surface area contributed by atoms with Crippen LogP contribution in [0.15, 0.2) is 23.4 Å². The molecule has 6 N–H and O–H groups in total. The SMILES string of the molecule is C#Cc1nc(N)c2ncn(C3CCC(C(=O)Nc4nc(C)cs4)CC3)c2n1.Cc1csc(NC(=O)C2CCC(n3cnc4c(N)nc(C#C[Si](C)(C)C)nc43)CC2)n1. The molecule has 0 spiro atoms. The topological polar surface area (TPSA) is 223 Å². The van der Waals surface area contributed by atoms with Gasteiger partial charge in [0.05, 0.1) is 24.0 Å². The second-order valence-electron chi connectivity index (χ2n) is 15.7. The van der Waals surface area contributed by atoms with Gasteiger partial charge in [0.1, 0.15) is 19.1 Å². The van der Waals surface area contributed by atoms with Crippen LogP contribution >= 0.6 is 22.7 Å². The summed E-state index contributed by atoms with van der Waals surface area (Å²) in [5, 5.41) is 11.1. The minimum Gasteiger partial charge on any atom is -0.382 e. The zero-order valence-corrected chi connectivity index (χ0v) is 35.7.